The van der Waals surface area contributed by atoms with Crippen LogP contribution in [-0.2, 0) is 28.7 Å². The SMILES string of the molecule is COC(=O)C[C@H](C)[C@@H]1CC[C@@H]2[C@@H]3CC[C@@H]4C[C@@H](OC(=O)CCC(=O)O)CC[C@]4(C)[C@@H]3CC(=O)[C@@]21C. The van der Waals surface area contributed by atoms with Gasteiger partial charge in [0.15, 0.2) is 0 Å². The Bertz CT molecular complexity index is 867. The molecule has 0 aromatic heterocycles. The van der Waals surface area contributed by atoms with Gasteiger partial charge in [-0.2, -0.15) is 0 Å². The van der Waals surface area contributed by atoms with Crippen LogP contribution in [0.3, 0.4) is 0 Å². The van der Waals surface area contributed by atoms with E-state index >= 15 is 0 Å². The zero-order valence-corrected chi connectivity index (χ0v) is 21.7. The van der Waals surface area contributed by atoms with Crippen molar-refractivity contribution in [2.75, 3.05) is 7.11 Å². The van der Waals surface area contributed by atoms with E-state index in [9.17, 15) is 19.2 Å². The smallest absolute Gasteiger partial charge is 0.306 e. The van der Waals surface area contributed by atoms with Crippen LogP contribution in [0.2, 0.25) is 0 Å². The molecule has 4 rings (SSSR count). The molecule has 9 atom stereocenters. The first-order valence-electron chi connectivity index (χ1n) is 13.5. The van der Waals surface area contributed by atoms with Crippen molar-refractivity contribution in [2.45, 2.75) is 97.5 Å². The molecular weight excluding hydrogens is 448 g/mol. The number of Topliss-reactive ketones (excluding diaryl/α,β-unsaturated/α-hetero) is 1. The lowest BCUT2D eigenvalue weighted by atomic mass is 9.44. The summed E-state index contributed by atoms with van der Waals surface area (Å²) in [6, 6.07) is 0. The molecule has 1 N–H and O–H groups in total. The zero-order chi connectivity index (χ0) is 25.5. The predicted molar refractivity (Wildman–Crippen MR) is 128 cm³/mol. The molecule has 4 aliphatic carbocycles. The van der Waals surface area contributed by atoms with Gasteiger partial charge >= 0.3 is 17.9 Å². The number of hydrogen-bond acceptors (Lipinski definition) is 6. The Balaban J connectivity index is 1.45. The van der Waals surface area contributed by atoms with Crippen LogP contribution in [0.5, 0.6) is 0 Å². The van der Waals surface area contributed by atoms with E-state index in [1.165, 1.54) is 7.11 Å². The molecule has 0 amide bonds. The number of carbonyl (C=O) groups excluding carboxylic acids is 3. The van der Waals surface area contributed by atoms with Crippen molar-refractivity contribution in [2.24, 2.45) is 46.3 Å². The molecule has 0 bridgehead atoms. The lowest BCUT2D eigenvalue weighted by molar-refractivity contribution is -0.169. The maximum Gasteiger partial charge on any atom is 0.306 e. The highest BCUT2D eigenvalue weighted by molar-refractivity contribution is 5.87. The molecule has 4 fully saturated rings. The summed E-state index contributed by atoms with van der Waals surface area (Å²) in [4.78, 5) is 48.6. The second-order valence-corrected chi connectivity index (χ2v) is 12.3. The Morgan fingerprint density at radius 2 is 1.77 bits per heavy atom. The van der Waals surface area contributed by atoms with Gasteiger partial charge in [-0.25, -0.2) is 0 Å². The minimum absolute atomic E-state index is 0.0690. The number of aliphatic carboxylic acids is 1. The van der Waals surface area contributed by atoms with E-state index in [1.54, 1.807) is 0 Å². The molecule has 0 aromatic rings. The Kier molecular flexibility index (Phi) is 7.36. The molecule has 4 aliphatic rings. The normalized spacial score (nSPS) is 41.2. The fraction of sp³-hybridized carbons (Fsp3) is 0.857. The molecule has 7 nitrogen and oxygen atoms in total. The van der Waals surface area contributed by atoms with Gasteiger partial charge in [0.25, 0.3) is 0 Å². The summed E-state index contributed by atoms with van der Waals surface area (Å²) in [5, 5.41) is 8.81. The molecule has 0 saturated heterocycles. The summed E-state index contributed by atoms with van der Waals surface area (Å²) < 4.78 is 10.6. The van der Waals surface area contributed by atoms with E-state index < -0.39 is 11.9 Å². The molecule has 0 unspecified atom stereocenters. The van der Waals surface area contributed by atoms with E-state index in [0.29, 0.717) is 42.3 Å². The number of carboxylic acid groups (broad SMARTS) is 1. The van der Waals surface area contributed by atoms with Crippen LogP contribution in [0.4, 0.5) is 0 Å². The summed E-state index contributed by atoms with van der Waals surface area (Å²) in [6.45, 7) is 6.65. The third-order valence-electron chi connectivity index (χ3n) is 10.8. The van der Waals surface area contributed by atoms with Gasteiger partial charge in [-0.1, -0.05) is 20.8 Å². The Morgan fingerprint density at radius 1 is 1.03 bits per heavy atom. The van der Waals surface area contributed by atoms with Crippen molar-refractivity contribution in [1.82, 2.24) is 0 Å². The summed E-state index contributed by atoms with van der Waals surface area (Å²) in [6.07, 6.45) is 7.36. The van der Waals surface area contributed by atoms with Crippen molar-refractivity contribution in [3.05, 3.63) is 0 Å². The standard InChI is InChI=1S/C28H42O7/c1-16(13-26(33)34-4)20-7-8-21-19-6-5-17-14-18(35-25(32)10-9-24(30)31)11-12-27(17,2)22(19)15-23(29)28(20,21)3/h16-22H,5-15H2,1-4H3,(H,30,31)/t16-,17+,18-,19-,20-,21+,22+,27-,28+/m0/s1. The number of hydrogen-bond donors (Lipinski definition) is 1. The molecule has 35 heavy (non-hydrogen) atoms. The van der Waals surface area contributed by atoms with Crippen LogP contribution in [0.25, 0.3) is 0 Å². The highest BCUT2D eigenvalue weighted by atomic mass is 16.5. The van der Waals surface area contributed by atoms with E-state index in [2.05, 4.69) is 20.8 Å². The third-order valence-corrected chi connectivity index (χ3v) is 10.8. The molecule has 0 aromatic carbocycles. The first-order chi connectivity index (χ1) is 16.5. The highest BCUT2D eigenvalue weighted by Gasteiger charge is 2.64. The number of ether oxygens (including phenoxy) is 2. The molecule has 4 saturated carbocycles. The first-order valence-corrected chi connectivity index (χ1v) is 13.5. The first kappa shape index (κ1) is 26.2. The largest absolute Gasteiger partial charge is 0.481 e. The molecule has 0 aliphatic heterocycles. The van der Waals surface area contributed by atoms with E-state index in [4.69, 9.17) is 14.6 Å². The number of esters is 2. The monoisotopic (exact) mass is 490 g/mol. The maximum atomic E-state index is 13.8. The van der Waals surface area contributed by atoms with Gasteiger partial charge in [0.1, 0.15) is 11.9 Å². The quantitative estimate of drug-likeness (QED) is 0.511. The van der Waals surface area contributed by atoms with Crippen molar-refractivity contribution in [3.8, 4) is 0 Å². The number of methoxy groups -OCH3 is 1. The van der Waals surface area contributed by atoms with Crippen LogP contribution in [0.15, 0.2) is 0 Å². The van der Waals surface area contributed by atoms with Gasteiger partial charge in [-0.05, 0) is 85.9 Å². The van der Waals surface area contributed by atoms with Crippen LogP contribution in [0.1, 0.15) is 91.4 Å². The minimum atomic E-state index is -0.987. The van der Waals surface area contributed by atoms with Crippen molar-refractivity contribution in [1.29, 1.82) is 0 Å². The molecule has 0 radical (unpaired) electrons. The Labute approximate surface area is 208 Å². The maximum absolute atomic E-state index is 13.8. The number of carboxylic acids is 1. The molecule has 0 spiro atoms. The molecule has 196 valence electrons. The average Bonchev–Trinajstić information content (AvgIpc) is 3.17. The fourth-order valence-corrected chi connectivity index (χ4v) is 8.92. The van der Waals surface area contributed by atoms with Crippen LogP contribution >= 0.6 is 0 Å². The van der Waals surface area contributed by atoms with Crippen molar-refractivity contribution >= 4 is 23.7 Å². The molecular formula is C28H42O7. The van der Waals surface area contributed by atoms with E-state index in [-0.39, 0.29) is 47.6 Å². The number of rotatable bonds is 7. The van der Waals surface area contributed by atoms with Gasteiger partial charge in [-0.15, -0.1) is 0 Å². The Morgan fingerprint density at radius 3 is 2.46 bits per heavy atom. The third kappa shape index (κ3) is 4.64. The molecule has 7 heteroatoms. The van der Waals surface area contributed by atoms with Gasteiger partial charge in [0.2, 0.25) is 0 Å². The van der Waals surface area contributed by atoms with Gasteiger partial charge in [0, 0.05) is 18.3 Å². The average molecular weight is 491 g/mol. The van der Waals surface area contributed by atoms with E-state index in [1.807, 2.05) is 0 Å². The minimum Gasteiger partial charge on any atom is -0.481 e. The highest BCUT2D eigenvalue weighted by Crippen LogP contribution is 2.67. The van der Waals surface area contributed by atoms with Crippen molar-refractivity contribution < 1.29 is 33.8 Å². The van der Waals surface area contributed by atoms with Crippen molar-refractivity contribution in [3.63, 3.8) is 0 Å². The number of fused-ring (bicyclic) bond motifs is 5. The summed E-state index contributed by atoms with van der Waals surface area (Å²) >= 11 is 0. The zero-order valence-electron chi connectivity index (χ0n) is 21.7. The second-order valence-electron chi connectivity index (χ2n) is 12.3. The van der Waals surface area contributed by atoms with Gasteiger partial charge in [0.05, 0.1) is 20.0 Å². The fourth-order valence-electron chi connectivity index (χ4n) is 8.92. The number of ketones is 1. The topological polar surface area (TPSA) is 107 Å². The van der Waals surface area contributed by atoms with Crippen LogP contribution in [0, 0.1) is 46.3 Å². The summed E-state index contributed by atoms with van der Waals surface area (Å²) in [5.41, 5.74) is -0.283. The summed E-state index contributed by atoms with van der Waals surface area (Å²) in [5.74, 6) is 0.837. The lowest BCUT2D eigenvalue weighted by Gasteiger charge is -2.60. The number of carbonyl (C=O) groups is 4. The van der Waals surface area contributed by atoms with Crippen LogP contribution in [-0.4, -0.2) is 42.0 Å². The molecule has 0 heterocycles. The summed E-state index contributed by atoms with van der Waals surface area (Å²) in [7, 11) is 1.43. The van der Waals surface area contributed by atoms with Gasteiger partial charge in [-0.3, -0.25) is 19.2 Å². The predicted octanol–water partition coefficient (Wildman–Crippen LogP) is 4.80. The lowest BCUT2D eigenvalue weighted by Crippen LogP contribution is -2.57. The van der Waals surface area contributed by atoms with Crippen LogP contribution < -0.4 is 0 Å². The Hall–Kier alpha value is -1.92. The second kappa shape index (κ2) is 9.85. The van der Waals surface area contributed by atoms with E-state index in [0.717, 1.165) is 44.9 Å². The van der Waals surface area contributed by atoms with Gasteiger partial charge < -0.3 is 14.6 Å².